The Bertz CT molecular complexity index is 1340. The molecule has 1 heterocycles. The lowest BCUT2D eigenvalue weighted by molar-refractivity contribution is 0.0858. The maximum Gasteiger partial charge on any atom is 0.251 e. The lowest BCUT2D eigenvalue weighted by Crippen LogP contribution is -2.33. The Morgan fingerprint density at radius 2 is 1.84 bits per heavy atom. The number of amidine groups is 1. The Labute approximate surface area is 216 Å². The Hall–Kier alpha value is -3.99. The number of anilines is 1. The number of carbonyl (C=O) groups excluding carboxylic acids is 1. The molecule has 7 heteroatoms. The second-order valence-electron chi connectivity index (χ2n) is 9.60. The van der Waals surface area contributed by atoms with Crippen LogP contribution in [0.3, 0.4) is 0 Å². The van der Waals surface area contributed by atoms with Gasteiger partial charge >= 0.3 is 0 Å². The summed E-state index contributed by atoms with van der Waals surface area (Å²) in [5.74, 6) is 0.704. The molecule has 7 nitrogen and oxygen atoms in total. The summed E-state index contributed by atoms with van der Waals surface area (Å²) in [5, 5.41) is 26.2. The van der Waals surface area contributed by atoms with E-state index in [1.165, 1.54) is 0 Å². The highest BCUT2D eigenvalue weighted by Gasteiger charge is 2.33. The lowest BCUT2D eigenvalue weighted by Gasteiger charge is -2.22. The van der Waals surface area contributed by atoms with E-state index in [-0.39, 0.29) is 11.9 Å². The predicted molar refractivity (Wildman–Crippen MR) is 144 cm³/mol. The van der Waals surface area contributed by atoms with Gasteiger partial charge in [0.05, 0.1) is 36.4 Å². The molecule has 5 rings (SSSR count). The first kappa shape index (κ1) is 24.7. The molecule has 0 fully saturated rings. The number of benzene rings is 3. The van der Waals surface area contributed by atoms with Crippen molar-refractivity contribution in [2.45, 2.75) is 43.9 Å². The Balaban J connectivity index is 1.29. The van der Waals surface area contributed by atoms with Crippen molar-refractivity contribution in [3.63, 3.8) is 0 Å². The van der Waals surface area contributed by atoms with Gasteiger partial charge in [0.1, 0.15) is 5.84 Å². The minimum atomic E-state index is -0.690. The van der Waals surface area contributed by atoms with Crippen LogP contribution in [0, 0.1) is 11.3 Å². The van der Waals surface area contributed by atoms with Crippen LogP contribution in [0.2, 0.25) is 0 Å². The van der Waals surface area contributed by atoms with Crippen molar-refractivity contribution in [3.05, 3.63) is 89.0 Å². The molecule has 3 atom stereocenters. The summed E-state index contributed by atoms with van der Waals surface area (Å²) in [6.45, 7) is 0.615. The van der Waals surface area contributed by atoms with Crippen molar-refractivity contribution in [1.82, 2.24) is 5.32 Å². The number of aliphatic hydroxyl groups is 1. The van der Waals surface area contributed by atoms with Gasteiger partial charge in [-0.1, -0.05) is 30.3 Å². The Morgan fingerprint density at radius 1 is 1.11 bits per heavy atom. The van der Waals surface area contributed by atoms with E-state index in [4.69, 9.17) is 15.0 Å². The summed E-state index contributed by atoms with van der Waals surface area (Å²) < 4.78 is 5.26. The van der Waals surface area contributed by atoms with E-state index in [0.717, 1.165) is 53.0 Å². The van der Waals surface area contributed by atoms with E-state index in [2.05, 4.69) is 16.7 Å². The van der Waals surface area contributed by atoms with Gasteiger partial charge in [0.15, 0.2) is 0 Å². The summed E-state index contributed by atoms with van der Waals surface area (Å²) in [6, 6.07) is 22.5. The van der Waals surface area contributed by atoms with Crippen molar-refractivity contribution in [1.29, 1.82) is 5.26 Å². The molecule has 0 spiro atoms. The predicted octanol–water partition coefficient (Wildman–Crippen LogP) is 4.62. The van der Waals surface area contributed by atoms with Gasteiger partial charge in [0, 0.05) is 31.2 Å². The van der Waals surface area contributed by atoms with Crippen LogP contribution in [0.5, 0.6) is 0 Å². The number of nitrogens with zero attached hydrogens (tertiary/aromatic N) is 2. The zero-order chi connectivity index (χ0) is 25.8. The van der Waals surface area contributed by atoms with Gasteiger partial charge in [-0.05, 0) is 71.5 Å². The maximum absolute atomic E-state index is 13.1. The molecule has 1 amide bonds. The molecule has 1 aliphatic heterocycles. The van der Waals surface area contributed by atoms with Crippen molar-refractivity contribution in [2.75, 3.05) is 19.0 Å². The summed E-state index contributed by atoms with van der Waals surface area (Å²) in [4.78, 5) is 17.8. The van der Waals surface area contributed by atoms with E-state index < -0.39 is 12.1 Å². The molecule has 1 aliphatic carbocycles. The van der Waals surface area contributed by atoms with Crippen LogP contribution in [-0.4, -0.2) is 42.7 Å². The minimum absolute atomic E-state index is 0.174. The number of carbonyl (C=O) groups is 1. The fourth-order valence-corrected chi connectivity index (χ4v) is 5.08. The molecule has 0 saturated heterocycles. The molecule has 0 aromatic heterocycles. The maximum atomic E-state index is 13.1. The first-order valence-electron chi connectivity index (χ1n) is 12.6. The van der Waals surface area contributed by atoms with Gasteiger partial charge in [0.2, 0.25) is 0 Å². The van der Waals surface area contributed by atoms with Gasteiger partial charge in [-0.25, -0.2) is 0 Å². The fraction of sp³-hybridized carbons (Fsp3) is 0.300. The van der Waals surface area contributed by atoms with Crippen molar-refractivity contribution >= 4 is 17.4 Å². The SMILES string of the molecule is COCC1CCCC(Nc2ccc3c(c2)[C@@H](NC(=O)c2ccc(-c4ccc(C#N)cc4)cc2)[C@H](O)C3)=N1. The number of amides is 1. The van der Waals surface area contributed by atoms with Gasteiger partial charge in [-0.15, -0.1) is 0 Å². The van der Waals surface area contributed by atoms with E-state index in [0.29, 0.717) is 24.2 Å². The molecule has 0 saturated carbocycles. The summed E-state index contributed by atoms with van der Waals surface area (Å²) in [6.07, 6.45) is 2.78. The number of aliphatic hydroxyl groups excluding tert-OH is 1. The molecule has 2 aliphatic rings. The number of nitriles is 1. The standard InChI is InChI=1S/C30H30N4O3/c1-37-18-25-3-2-4-28(33-25)32-24-14-13-23-15-27(35)29(26(23)16-24)34-30(36)22-11-9-21(10-12-22)20-7-5-19(17-31)6-8-20/h5-14,16,25,27,29,35H,2-4,15,18H2,1H3,(H,32,33)(H,34,36)/t25?,27-,29-/m1/s1. The van der Waals surface area contributed by atoms with Gasteiger partial charge in [-0.2, -0.15) is 5.26 Å². The topological polar surface area (TPSA) is 107 Å². The molecule has 3 aromatic rings. The second-order valence-corrected chi connectivity index (χ2v) is 9.60. The minimum Gasteiger partial charge on any atom is -0.390 e. The molecule has 0 bridgehead atoms. The van der Waals surface area contributed by atoms with E-state index in [1.807, 2.05) is 42.5 Å². The molecule has 37 heavy (non-hydrogen) atoms. The molecule has 1 unspecified atom stereocenters. The summed E-state index contributed by atoms with van der Waals surface area (Å²) in [7, 11) is 1.70. The van der Waals surface area contributed by atoms with Crippen LogP contribution in [0.1, 0.15) is 52.4 Å². The molecule has 3 N–H and O–H groups in total. The van der Waals surface area contributed by atoms with Crippen molar-refractivity contribution in [3.8, 4) is 17.2 Å². The van der Waals surface area contributed by atoms with Gasteiger partial charge < -0.3 is 20.5 Å². The Kier molecular flexibility index (Phi) is 7.31. The number of ether oxygens (including phenoxy) is 1. The molecular formula is C30H30N4O3. The number of hydrogen-bond donors (Lipinski definition) is 3. The van der Waals surface area contributed by atoms with Crippen molar-refractivity contribution < 1.29 is 14.6 Å². The van der Waals surface area contributed by atoms with Crippen LogP contribution in [-0.2, 0) is 11.2 Å². The van der Waals surface area contributed by atoms with E-state index >= 15 is 0 Å². The quantitative estimate of drug-likeness (QED) is 0.464. The first-order chi connectivity index (χ1) is 18.0. The monoisotopic (exact) mass is 494 g/mol. The highest BCUT2D eigenvalue weighted by molar-refractivity contribution is 5.96. The summed E-state index contributed by atoms with van der Waals surface area (Å²) >= 11 is 0. The third-order valence-corrected chi connectivity index (χ3v) is 7.01. The number of hydrogen-bond acceptors (Lipinski definition) is 6. The smallest absolute Gasteiger partial charge is 0.251 e. The highest BCUT2D eigenvalue weighted by atomic mass is 16.5. The van der Waals surface area contributed by atoms with Crippen LogP contribution >= 0.6 is 0 Å². The van der Waals surface area contributed by atoms with Crippen LogP contribution in [0.25, 0.3) is 11.1 Å². The second kappa shape index (κ2) is 11.0. The number of methoxy groups -OCH3 is 1. The van der Waals surface area contributed by atoms with Gasteiger partial charge in [0.25, 0.3) is 5.91 Å². The van der Waals surface area contributed by atoms with Crippen LogP contribution < -0.4 is 10.6 Å². The summed E-state index contributed by atoms with van der Waals surface area (Å²) in [5.41, 5.74) is 5.91. The molecule has 3 aromatic carbocycles. The average molecular weight is 495 g/mol. The number of aliphatic imine (C=N–C) groups is 1. The van der Waals surface area contributed by atoms with Crippen LogP contribution in [0.15, 0.2) is 71.7 Å². The third-order valence-electron chi connectivity index (χ3n) is 7.01. The molecule has 188 valence electrons. The third kappa shape index (κ3) is 5.56. The largest absolute Gasteiger partial charge is 0.390 e. The molecule has 0 radical (unpaired) electrons. The average Bonchev–Trinajstić information content (AvgIpc) is 3.23. The number of nitrogens with one attached hydrogen (secondary N) is 2. The van der Waals surface area contributed by atoms with E-state index in [9.17, 15) is 9.90 Å². The lowest BCUT2D eigenvalue weighted by atomic mass is 10.0. The number of rotatable bonds is 6. The fourth-order valence-electron chi connectivity index (χ4n) is 5.08. The zero-order valence-corrected chi connectivity index (χ0v) is 20.8. The van der Waals surface area contributed by atoms with E-state index in [1.54, 1.807) is 31.4 Å². The zero-order valence-electron chi connectivity index (χ0n) is 20.8. The van der Waals surface area contributed by atoms with Crippen LogP contribution in [0.4, 0.5) is 5.69 Å². The first-order valence-corrected chi connectivity index (χ1v) is 12.6. The Morgan fingerprint density at radius 3 is 2.54 bits per heavy atom. The normalized spacial score (nSPS) is 20.5. The van der Waals surface area contributed by atoms with Crippen molar-refractivity contribution in [2.24, 2.45) is 4.99 Å². The molecular weight excluding hydrogens is 464 g/mol. The number of fused-ring (bicyclic) bond motifs is 1. The highest BCUT2D eigenvalue weighted by Crippen LogP contribution is 2.34. The van der Waals surface area contributed by atoms with Gasteiger partial charge in [-0.3, -0.25) is 9.79 Å².